The van der Waals surface area contributed by atoms with Crippen LogP contribution in [-0.2, 0) is 4.79 Å². The van der Waals surface area contributed by atoms with E-state index < -0.39 is 36.9 Å². The summed E-state index contributed by atoms with van der Waals surface area (Å²) in [6.07, 6.45) is 16.0. The van der Waals surface area contributed by atoms with Crippen molar-refractivity contribution in [1.82, 2.24) is 5.32 Å². The van der Waals surface area contributed by atoms with Gasteiger partial charge in [0.25, 0.3) is 0 Å². The van der Waals surface area contributed by atoms with Gasteiger partial charge in [-0.05, 0) is 12.8 Å². The maximum absolute atomic E-state index is 12.2. The minimum atomic E-state index is -1.25. The van der Waals surface area contributed by atoms with E-state index in [2.05, 4.69) is 19.2 Å². The Hall–Kier alpha value is -0.690. The van der Waals surface area contributed by atoms with Gasteiger partial charge in [-0.15, -0.1) is 0 Å². The molecule has 1 amide bonds. The smallest absolute Gasteiger partial charge is 0.249 e. The summed E-state index contributed by atoms with van der Waals surface area (Å²) in [5.41, 5.74) is 0. The minimum Gasteiger partial charge on any atom is -0.394 e. The number of hydrogen-bond donors (Lipinski definition) is 5. The van der Waals surface area contributed by atoms with Gasteiger partial charge < -0.3 is 25.7 Å². The first-order chi connectivity index (χ1) is 15.5. The highest BCUT2D eigenvalue weighted by Gasteiger charge is 2.28. The highest BCUT2D eigenvalue weighted by atomic mass is 16.3. The van der Waals surface area contributed by atoms with E-state index in [0.717, 1.165) is 44.9 Å². The monoisotopic (exact) mass is 459 g/mol. The van der Waals surface area contributed by atoms with Gasteiger partial charge in [-0.25, -0.2) is 0 Å². The molecule has 0 radical (unpaired) electrons. The van der Waals surface area contributed by atoms with Gasteiger partial charge in [0.1, 0.15) is 12.2 Å². The van der Waals surface area contributed by atoms with Gasteiger partial charge in [-0.3, -0.25) is 4.79 Å². The van der Waals surface area contributed by atoms with Crippen LogP contribution in [0.15, 0.2) is 0 Å². The molecule has 0 fully saturated rings. The highest BCUT2D eigenvalue weighted by Crippen LogP contribution is 2.14. The third-order valence-corrected chi connectivity index (χ3v) is 6.32. The Morgan fingerprint density at radius 2 is 1.06 bits per heavy atom. The Balaban J connectivity index is 3.87. The average Bonchev–Trinajstić information content (AvgIpc) is 2.80. The minimum absolute atomic E-state index is 0.372. The molecule has 5 N–H and O–H groups in total. The summed E-state index contributed by atoms with van der Waals surface area (Å²) in [6.45, 7) is 3.86. The van der Waals surface area contributed by atoms with Crippen molar-refractivity contribution in [1.29, 1.82) is 0 Å². The first-order valence-electron chi connectivity index (χ1n) is 13.4. The number of amides is 1. The number of carbonyl (C=O) groups excluding carboxylic acids is 1. The fourth-order valence-electron chi connectivity index (χ4n) is 4.05. The summed E-state index contributed by atoms with van der Waals surface area (Å²) >= 11 is 0. The SMILES string of the molecule is CCCCCCCCCCCCCCC(O)C(=O)NC(CO)C(O)C(O)CCCCCC. The Morgan fingerprint density at radius 1 is 0.656 bits per heavy atom. The zero-order valence-corrected chi connectivity index (χ0v) is 20.9. The topological polar surface area (TPSA) is 110 Å². The molecule has 4 unspecified atom stereocenters. The maximum atomic E-state index is 12.2. The molecule has 0 saturated heterocycles. The lowest BCUT2D eigenvalue weighted by molar-refractivity contribution is -0.132. The summed E-state index contributed by atoms with van der Waals surface area (Å²) in [6, 6.07) is -0.972. The molecule has 0 spiro atoms. The van der Waals surface area contributed by atoms with Crippen LogP contribution in [-0.4, -0.2) is 57.3 Å². The molecule has 0 bridgehead atoms. The van der Waals surface area contributed by atoms with Crippen molar-refractivity contribution in [3.8, 4) is 0 Å². The number of nitrogens with one attached hydrogen (secondary N) is 1. The van der Waals surface area contributed by atoms with E-state index >= 15 is 0 Å². The van der Waals surface area contributed by atoms with Crippen molar-refractivity contribution in [3.63, 3.8) is 0 Å². The van der Waals surface area contributed by atoms with Crippen LogP contribution in [0.3, 0.4) is 0 Å². The third kappa shape index (κ3) is 16.9. The Morgan fingerprint density at radius 3 is 1.53 bits per heavy atom. The van der Waals surface area contributed by atoms with Crippen LogP contribution < -0.4 is 5.32 Å². The summed E-state index contributed by atoms with van der Waals surface area (Å²) in [7, 11) is 0. The van der Waals surface area contributed by atoms with Gasteiger partial charge in [0.2, 0.25) is 5.91 Å². The van der Waals surface area contributed by atoms with Crippen molar-refractivity contribution in [2.45, 2.75) is 154 Å². The lowest BCUT2D eigenvalue weighted by atomic mass is 9.99. The molecule has 0 aromatic heterocycles. The van der Waals surface area contributed by atoms with Crippen LogP contribution in [0.25, 0.3) is 0 Å². The number of unbranched alkanes of at least 4 members (excludes halogenated alkanes) is 14. The molecule has 0 aromatic carbocycles. The lowest BCUT2D eigenvalue weighted by Gasteiger charge is -2.27. The van der Waals surface area contributed by atoms with Crippen LogP contribution in [0.1, 0.15) is 129 Å². The van der Waals surface area contributed by atoms with Crippen LogP contribution in [0.2, 0.25) is 0 Å². The second kappa shape index (κ2) is 22.1. The van der Waals surface area contributed by atoms with E-state index in [0.29, 0.717) is 12.8 Å². The Labute approximate surface area is 197 Å². The van der Waals surface area contributed by atoms with Crippen molar-refractivity contribution >= 4 is 5.91 Å². The number of hydrogen-bond acceptors (Lipinski definition) is 5. The van der Waals surface area contributed by atoms with Crippen LogP contribution in [0.4, 0.5) is 0 Å². The molecule has 0 saturated carbocycles. The molecule has 4 atom stereocenters. The summed E-state index contributed by atoms with van der Waals surface area (Å²) in [4.78, 5) is 12.2. The quantitative estimate of drug-likeness (QED) is 0.143. The van der Waals surface area contributed by atoms with Crippen LogP contribution >= 0.6 is 0 Å². The third-order valence-electron chi connectivity index (χ3n) is 6.32. The summed E-state index contributed by atoms with van der Waals surface area (Å²) in [5.74, 6) is -0.593. The fraction of sp³-hybridized carbons (Fsp3) is 0.962. The van der Waals surface area contributed by atoms with Gasteiger partial charge in [-0.1, -0.05) is 117 Å². The summed E-state index contributed by atoms with van der Waals surface area (Å²) < 4.78 is 0. The van der Waals surface area contributed by atoms with E-state index in [9.17, 15) is 25.2 Å². The van der Waals surface area contributed by atoms with Gasteiger partial charge in [0.05, 0.1) is 18.8 Å². The van der Waals surface area contributed by atoms with Gasteiger partial charge in [0, 0.05) is 0 Å². The van der Waals surface area contributed by atoms with Gasteiger partial charge in [-0.2, -0.15) is 0 Å². The van der Waals surface area contributed by atoms with Crippen LogP contribution in [0, 0.1) is 0 Å². The second-order valence-corrected chi connectivity index (χ2v) is 9.40. The maximum Gasteiger partial charge on any atom is 0.249 e. The fourth-order valence-corrected chi connectivity index (χ4v) is 4.05. The summed E-state index contributed by atoms with van der Waals surface area (Å²) in [5, 5.41) is 42.5. The molecule has 0 rings (SSSR count). The molecule has 192 valence electrons. The largest absolute Gasteiger partial charge is 0.394 e. The molecular formula is C26H53NO5. The number of carbonyl (C=O) groups is 1. The van der Waals surface area contributed by atoms with Gasteiger partial charge in [0.15, 0.2) is 0 Å². The number of aliphatic hydroxyl groups is 4. The normalized spacial score (nSPS) is 15.3. The van der Waals surface area contributed by atoms with Crippen molar-refractivity contribution < 1.29 is 25.2 Å². The van der Waals surface area contributed by atoms with E-state index in [1.165, 1.54) is 57.8 Å². The molecule has 0 aromatic rings. The number of rotatable bonds is 23. The predicted molar refractivity (Wildman–Crippen MR) is 131 cm³/mol. The predicted octanol–water partition coefficient (Wildman–Crippen LogP) is 4.61. The molecule has 0 aliphatic rings. The standard InChI is InChI=1S/C26H53NO5/c1-3-5-7-9-10-11-12-13-14-15-16-18-20-24(30)26(32)27-22(21-28)25(31)23(29)19-17-8-6-4-2/h22-25,28-31H,3-21H2,1-2H3,(H,27,32). The van der Waals surface area contributed by atoms with Gasteiger partial charge >= 0.3 is 0 Å². The molecule has 0 aliphatic carbocycles. The van der Waals surface area contributed by atoms with Crippen molar-refractivity contribution in [2.75, 3.05) is 6.61 Å². The molecule has 32 heavy (non-hydrogen) atoms. The first kappa shape index (κ1) is 31.3. The van der Waals surface area contributed by atoms with E-state index in [1.54, 1.807) is 0 Å². The van der Waals surface area contributed by atoms with Crippen molar-refractivity contribution in [2.24, 2.45) is 0 Å². The molecular weight excluding hydrogens is 406 g/mol. The Bertz CT molecular complexity index is 421. The molecule has 6 heteroatoms. The second-order valence-electron chi connectivity index (χ2n) is 9.40. The molecule has 6 nitrogen and oxygen atoms in total. The highest BCUT2D eigenvalue weighted by molar-refractivity contribution is 5.80. The molecule has 0 heterocycles. The zero-order chi connectivity index (χ0) is 24.0. The van der Waals surface area contributed by atoms with Crippen LogP contribution in [0.5, 0.6) is 0 Å². The van der Waals surface area contributed by atoms with E-state index in [-0.39, 0.29) is 0 Å². The van der Waals surface area contributed by atoms with E-state index in [4.69, 9.17) is 0 Å². The molecule has 0 aliphatic heterocycles. The first-order valence-corrected chi connectivity index (χ1v) is 13.4. The average molecular weight is 460 g/mol. The lowest BCUT2D eigenvalue weighted by Crippen LogP contribution is -2.53. The van der Waals surface area contributed by atoms with Crippen molar-refractivity contribution in [3.05, 3.63) is 0 Å². The van der Waals surface area contributed by atoms with E-state index in [1.807, 2.05) is 0 Å². The zero-order valence-electron chi connectivity index (χ0n) is 20.9. The Kier molecular flexibility index (Phi) is 21.6. The number of aliphatic hydroxyl groups excluding tert-OH is 4.